The molecule has 0 spiro atoms. The molecule has 3 aromatic carbocycles. The predicted octanol–water partition coefficient (Wildman–Crippen LogP) is 5.60. The summed E-state index contributed by atoms with van der Waals surface area (Å²) in [6.45, 7) is 2.90. The first-order chi connectivity index (χ1) is 17.9. The Bertz CT molecular complexity index is 1390. The Morgan fingerprint density at radius 3 is 2.51 bits per heavy atom. The summed E-state index contributed by atoms with van der Waals surface area (Å²) in [6.07, 6.45) is 4.59. The fourth-order valence-corrected chi connectivity index (χ4v) is 5.83. The number of nitrogens with zero attached hydrogens (tertiary/aromatic N) is 2. The van der Waals surface area contributed by atoms with Crippen LogP contribution in [-0.4, -0.2) is 35.0 Å². The Balaban J connectivity index is 1.24. The summed E-state index contributed by atoms with van der Waals surface area (Å²) in [5.74, 6) is 1.24. The van der Waals surface area contributed by atoms with Gasteiger partial charge in [-0.25, -0.2) is 0 Å². The monoisotopic (exact) mass is 498 g/mol. The molecular weight excluding hydrogens is 468 g/mol. The minimum absolute atomic E-state index is 0.0673. The van der Waals surface area contributed by atoms with Crippen molar-refractivity contribution in [1.29, 1.82) is 0 Å². The summed E-state index contributed by atoms with van der Waals surface area (Å²) in [5.41, 5.74) is 4.72. The summed E-state index contributed by atoms with van der Waals surface area (Å²) >= 11 is 0. The Morgan fingerprint density at radius 1 is 0.919 bits per heavy atom. The minimum Gasteiger partial charge on any atom is -0.508 e. The SMILES string of the molecule is COc1ccc(N2C(=O)c3cc(CN4Cc5ccc(O)cc5C4=O)ccc3C2C)cc1OC1CCCC1. The number of phenols is 1. The van der Waals surface area contributed by atoms with Gasteiger partial charge < -0.3 is 24.4 Å². The van der Waals surface area contributed by atoms with Crippen LogP contribution < -0.4 is 14.4 Å². The average molecular weight is 499 g/mol. The van der Waals surface area contributed by atoms with Crippen LogP contribution in [0.4, 0.5) is 5.69 Å². The average Bonchev–Trinajstić information content (AvgIpc) is 3.58. The lowest BCUT2D eigenvalue weighted by Crippen LogP contribution is -2.26. The number of benzene rings is 3. The lowest BCUT2D eigenvalue weighted by atomic mass is 10.0. The quantitative estimate of drug-likeness (QED) is 0.479. The molecule has 1 saturated carbocycles. The first kappa shape index (κ1) is 23.4. The van der Waals surface area contributed by atoms with E-state index in [-0.39, 0.29) is 29.7 Å². The van der Waals surface area contributed by atoms with Crippen molar-refractivity contribution < 1.29 is 24.2 Å². The van der Waals surface area contributed by atoms with E-state index in [1.807, 2.05) is 43.3 Å². The van der Waals surface area contributed by atoms with Gasteiger partial charge in [-0.15, -0.1) is 0 Å². The molecule has 6 rings (SSSR count). The molecule has 1 atom stereocenters. The molecule has 2 amide bonds. The van der Waals surface area contributed by atoms with Gasteiger partial charge in [-0.05, 0) is 79.6 Å². The molecule has 2 aliphatic heterocycles. The van der Waals surface area contributed by atoms with E-state index >= 15 is 0 Å². The number of fused-ring (bicyclic) bond motifs is 2. The molecule has 7 heteroatoms. The number of ether oxygens (including phenoxy) is 2. The van der Waals surface area contributed by atoms with Gasteiger partial charge in [0.15, 0.2) is 11.5 Å². The molecular formula is C30H30N2O5. The number of methoxy groups -OCH3 is 1. The maximum absolute atomic E-state index is 13.6. The third-order valence-corrected chi connectivity index (χ3v) is 7.77. The standard InChI is InChI=1S/C30H30N2O5/c1-18-24-11-7-19(16-31-17-20-8-10-22(33)15-25(20)29(31)34)13-26(24)30(35)32(18)21-9-12-27(36-2)28(14-21)37-23-5-3-4-6-23/h7-15,18,23,33H,3-6,16-17H2,1-2H3. The number of amides is 2. The zero-order valence-electron chi connectivity index (χ0n) is 21.1. The topological polar surface area (TPSA) is 79.3 Å². The van der Waals surface area contributed by atoms with Crippen LogP contribution in [-0.2, 0) is 13.1 Å². The van der Waals surface area contributed by atoms with Crippen LogP contribution in [0.25, 0.3) is 0 Å². The lowest BCUT2D eigenvalue weighted by Gasteiger charge is -2.24. The highest BCUT2D eigenvalue weighted by Gasteiger charge is 2.36. The number of rotatable bonds is 6. The smallest absolute Gasteiger partial charge is 0.259 e. The van der Waals surface area contributed by atoms with Crippen LogP contribution in [0.15, 0.2) is 54.6 Å². The van der Waals surface area contributed by atoms with Crippen molar-refractivity contribution in [3.8, 4) is 17.2 Å². The Morgan fingerprint density at radius 2 is 1.73 bits per heavy atom. The Labute approximate surface area is 216 Å². The number of phenolic OH excluding ortho intramolecular Hbond substituents is 1. The number of carbonyl (C=O) groups excluding carboxylic acids is 2. The Kier molecular flexibility index (Phi) is 5.78. The second-order valence-electron chi connectivity index (χ2n) is 10.1. The lowest BCUT2D eigenvalue weighted by molar-refractivity contribution is 0.0766. The normalized spacial score (nSPS) is 18.9. The summed E-state index contributed by atoms with van der Waals surface area (Å²) in [4.78, 5) is 30.0. The minimum atomic E-state index is -0.134. The molecule has 1 unspecified atom stereocenters. The maximum atomic E-state index is 13.6. The highest BCUT2D eigenvalue weighted by molar-refractivity contribution is 6.11. The van der Waals surface area contributed by atoms with Crippen molar-refractivity contribution in [3.63, 3.8) is 0 Å². The van der Waals surface area contributed by atoms with Crippen molar-refractivity contribution in [1.82, 2.24) is 4.90 Å². The van der Waals surface area contributed by atoms with Gasteiger partial charge in [-0.3, -0.25) is 9.59 Å². The summed E-state index contributed by atoms with van der Waals surface area (Å²) in [7, 11) is 1.63. The number of aromatic hydroxyl groups is 1. The Hall–Kier alpha value is -4.00. The van der Waals surface area contributed by atoms with E-state index in [0.29, 0.717) is 35.7 Å². The molecule has 37 heavy (non-hydrogen) atoms. The van der Waals surface area contributed by atoms with Gasteiger partial charge in [-0.2, -0.15) is 0 Å². The van der Waals surface area contributed by atoms with Crippen LogP contribution >= 0.6 is 0 Å². The largest absolute Gasteiger partial charge is 0.508 e. The third kappa shape index (κ3) is 4.08. The fourth-order valence-electron chi connectivity index (χ4n) is 5.83. The number of hydrogen-bond donors (Lipinski definition) is 1. The van der Waals surface area contributed by atoms with E-state index in [1.165, 1.54) is 18.9 Å². The third-order valence-electron chi connectivity index (χ3n) is 7.77. The van der Waals surface area contributed by atoms with Crippen molar-refractivity contribution in [2.24, 2.45) is 0 Å². The molecule has 3 aromatic rings. The molecule has 1 fully saturated rings. The summed E-state index contributed by atoms with van der Waals surface area (Å²) in [6, 6.07) is 16.3. The van der Waals surface area contributed by atoms with Crippen molar-refractivity contribution in [3.05, 3.63) is 82.4 Å². The fraction of sp³-hybridized carbons (Fsp3) is 0.333. The highest BCUT2D eigenvalue weighted by atomic mass is 16.5. The molecule has 1 aliphatic carbocycles. The van der Waals surface area contributed by atoms with Crippen LogP contribution in [0.3, 0.4) is 0 Å². The molecule has 1 N–H and O–H groups in total. The summed E-state index contributed by atoms with van der Waals surface area (Å²) < 4.78 is 11.8. The van der Waals surface area contributed by atoms with E-state index in [4.69, 9.17) is 9.47 Å². The van der Waals surface area contributed by atoms with Crippen molar-refractivity contribution in [2.75, 3.05) is 12.0 Å². The second-order valence-corrected chi connectivity index (χ2v) is 10.1. The van der Waals surface area contributed by atoms with Crippen LogP contribution in [0, 0.1) is 0 Å². The van der Waals surface area contributed by atoms with Gasteiger partial charge in [0.25, 0.3) is 11.8 Å². The molecule has 0 bridgehead atoms. The summed E-state index contributed by atoms with van der Waals surface area (Å²) in [5, 5.41) is 9.76. The first-order valence-electron chi connectivity index (χ1n) is 12.8. The molecule has 7 nitrogen and oxygen atoms in total. The van der Waals surface area contributed by atoms with E-state index in [2.05, 4.69) is 0 Å². The van der Waals surface area contributed by atoms with E-state index < -0.39 is 0 Å². The second kappa shape index (κ2) is 9.14. The zero-order chi connectivity index (χ0) is 25.7. The maximum Gasteiger partial charge on any atom is 0.259 e. The van der Waals surface area contributed by atoms with Gasteiger partial charge in [0, 0.05) is 36.0 Å². The molecule has 3 aliphatic rings. The van der Waals surface area contributed by atoms with Gasteiger partial charge in [0.05, 0.1) is 19.3 Å². The molecule has 2 heterocycles. The number of hydrogen-bond acceptors (Lipinski definition) is 5. The molecule has 0 radical (unpaired) electrons. The van der Waals surface area contributed by atoms with Crippen LogP contribution in [0.2, 0.25) is 0 Å². The van der Waals surface area contributed by atoms with Crippen molar-refractivity contribution in [2.45, 2.75) is 57.8 Å². The molecule has 190 valence electrons. The van der Waals surface area contributed by atoms with E-state index in [0.717, 1.165) is 35.2 Å². The van der Waals surface area contributed by atoms with Gasteiger partial charge >= 0.3 is 0 Å². The zero-order valence-corrected chi connectivity index (χ0v) is 21.1. The van der Waals surface area contributed by atoms with E-state index in [1.54, 1.807) is 29.0 Å². The van der Waals surface area contributed by atoms with Crippen LogP contribution in [0.1, 0.15) is 76.1 Å². The molecule has 0 saturated heterocycles. The van der Waals surface area contributed by atoms with Gasteiger partial charge in [0.1, 0.15) is 5.75 Å². The predicted molar refractivity (Wildman–Crippen MR) is 139 cm³/mol. The van der Waals surface area contributed by atoms with Gasteiger partial charge in [-0.1, -0.05) is 18.2 Å². The van der Waals surface area contributed by atoms with Crippen molar-refractivity contribution >= 4 is 17.5 Å². The molecule has 0 aromatic heterocycles. The van der Waals surface area contributed by atoms with E-state index in [9.17, 15) is 14.7 Å². The first-order valence-corrected chi connectivity index (χ1v) is 12.8. The van der Waals surface area contributed by atoms with Crippen LogP contribution in [0.5, 0.6) is 17.2 Å². The highest BCUT2D eigenvalue weighted by Crippen LogP contribution is 2.42. The van der Waals surface area contributed by atoms with Gasteiger partial charge in [0.2, 0.25) is 0 Å². The number of anilines is 1. The number of carbonyl (C=O) groups is 2.